The zero-order valence-electron chi connectivity index (χ0n) is 17.3. The number of aromatic nitrogens is 1. The van der Waals surface area contributed by atoms with Gasteiger partial charge in [0.05, 0.1) is 11.9 Å². The van der Waals surface area contributed by atoms with E-state index in [-0.39, 0.29) is 5.91 Å². The predicted molar refractivity (Wildman–Crippen MR) is 109 cm³/mol. The fraction of sp³-hybridized carbons (Fsp3) is 0.727. The molecular formula is C22H34N4O. The van der Waals surface area contributed by atoms with Gasteiger partial charge in [-0.2, -0.15) is 0 Å². The summed E-state index contributed by atoms with van der Waals surface area (Å²) in [6.45, 7) is 11.7. The van der Waals surface area contributed by atoms with E-state index in [9.17, 15) is 4.79 Å². The molecule has 0 radical (unpaired) electrons. The smallest absolute Gasteiger partial charge is 0.269 e. The summed E-state index contributed by atoms with van der Waals surface area (Å²) < 4.78 is 0. The predicted octanol–water partition coefficient (Wildman–Crippen LogP) is 3.31. The van der Waals surface area contributed by atoms with Gasteiger partial charge < -0.3 is 10.2 Å². The van der Waals surface area contributed by atoms with Gasteiger partial charge in [0.1, 0.15) is 5.69 Å². The molecule has 2 heterocycles. The monoisotopic (exact) mass is 370 g/mol. The standard InChI is InChI=1S/C22H34N4O/c1-20(2,3)21-7-9-22(16-21,10-8-21)26-13-11-25(12-14-26)17-5-6-18(24-15-17)19(27)23-4/h5-6,15H,7-14,16H2,1-4H3,(H,23,27). The fourth-order valence-corrected chi connectivity index (χ4v) is 5.90. The highest BCUT2D eigenvalue weighted by Gasteiger charge is 2.60. The highest BCUT2D eigenvalue weighted by molar-refractivity contribution is 5.92. The Kier molecular flexibility index (Phi) is 4.49. The number of rotatable bonds is 3. The third-order valence-corrected chi connectivity index (χ3v) is 7.92. The van der Waals surface area contributed by atoms with Gasteiger partial charge in [-0.3, -0.25) is 9.69 Å². The van der Waals surface area contributed by atoms with Crippen molar-refractivity contribution in [1.82, 2.24) is 15.2 Å². The quantitative estimate of drug-likeness (QED) is 0.887. The molecule has 3 aliphatic rings. The van der Waals surface area contributed by atoms with E-state index in [1.54, 1.807) is 7.05 Å². The van der Waals surface area contributed by atoms with Crippen LogP contribution in [-0.2, 0) is 0 Å². The molecule has 1 aromatic heterocycles. The lowest BCUT2D eigenvalue weighted by molar-refractivity contribution is 0.0878. The molecular weight excluding hydrogens is 336 g/mol. The van der Waals surface area contributed by atoms with Crippen LogP contribution in [0.25, 0.3) is 0 Å². The number of hydrogen-bond donors (Lipinski definition) is 1. The molecule has 1 amide bonds. The van der Waals surface area contributed by atoms with Crippen LogP contribution in [0.4, 0.5) is 5.69 Å². The molecule has 0 atom stereocenters. The van der Waals surface area contributed by atoms with Crippen molar-refractivity contribution in [2.24, 2.45) is 10.8 Å². The van der Waals surface area contributed by atoms with E-state index in [4.69, 9.17) is 0 Å². The lowest BCUT2D eigenvalue weighted by Gasteiger charge is -2.45. The summed E-state index contributed by atoms with van der Waals surface area (Å²) in [4.78, 5) is 21.2. The molecule has 4 rings (SSSR count). The average molecular weight is 371 g/mol. The first-order valence-corrected chi connectivity index (χ1v) is 10.5. The highest BCUT2D eigenvalue weighted by Crippen LogP contribution is 2.65. The maximum absolute atomic E-state index is 11.7. The van der Waals surface area contributed by atoms with Crippen molar-refractivity contribution in [2.45, 2.75) is 58.4 Å². The van der Waals surface area contributed by atoms with Crippen LogP contribution in [0.1, 0.15) is 63.4 Å². The second kappa shape index (κ2) is 6.47. The Bertz CT molecular complexity index is 690. The Hall–Kier alpha value is -1.62. The lowest BCUT2D eigenvalue weighted by Crippen LogP contribution is -2.55. The molecule has 1 saturated heterocycles. The summed E-state index contributed by atoms with van der Waals surface area (Å²) in [5, 5.41) is 2.62. The molecule has 2 bridgehead atoms. The number of pyridine rings is 1. The van der Waals surface area contributed by atoms with Crippen molar-refractivity contribution in [3.8, 4) is 0 Å². The maximum Gasteiger partial charge on any atom is 0.269 e. The third-order valence-electron chi connectivity index (χ3n) is 7.92. The van der Waals surface area contributed by atoms with E-state index in [1.807, 2.05) is 18.3 Å². The number of hydrogen-bond acceptors (Lipinski definition) is 4. The largest absolute Gasteiger partial charge is 0.368 e. The topological polar surface area (TPSA) is 48.5 Å². The molecule has 27 heavy (non-hydrogen) atoms. The van der Waals surface area contributed by atoms with Crippen molar-refractivity contribution in [3.63, 3.8) is 0 Å². The van der Waals surface area contributed by atoms with Crippen LogP contribution in [0.2, 0.25) is 0 Å². The minimum absolute atomic E-state index is 0.129. The van der Waals surface area contributed by atoms with Crippen molar-refractivity contribution >= 4 is 11.6 Å². The molecule has 2 saturated carbocycles. The van der Waals surface area contributed by atoms with Crippen LogP contribution in [-0.4, -0.2) is 54.6 Å². The second-order valence-corrected chi connectivity index (χ2v) is 9.89. The maximum atomic E-state index is 11.7. The Balaban J connectivity index is 1.39. The Labute approximate surface area is 163 Å². The van der Waals surface area contributed by atoms with Gasteiger partial charge >= 0.3 is 0 Å². The zero-order chi connectivity index (χ0) is 19.3. The number of carbonyl (C=O) groups is 1. The van der Waals surface area contributed by atoms with Crippen LogP contribution < -0.4 is 10.2 Å². The first kappa shape index (κ1) is 18.7. The van der Waals surface area contributed by atoms with Gasteiger partial charge in [0.2, 0.25) is 0 Å². The van der Waals surface area contributed by atoms with E-state index in [0.29, 0.717) is 22.1 Å². The molecule has 148 valence electrons. The van der Waals surface area contributed by atoms with Crippen LogP contribution in [0.5, 0.6) is 0 Å². The highest BCUT2D eigenvalue weighted by atomic mass is 16.1. The van der Waals surface area contributed by atoms with E-state index < -0.39 is 0 Å². The summed E-state index contributed by atoms with van der Waals surface area (Å²) in [6, 6.07) is 3.85. The normalized spacial score (nSPS) is 31.3. The molecule has 2 aliphatic carbocycles. The molecule has 0 aromatic carbocycles. The van der Waals surface area contributed by atoms with Crippen LogP contribution in [0, 0.1) is 10.8 Å². The Morgan fingerprint density at radius 3 is 2.22 bits per heavy atom. The molecule has 1 aromatic rings. The minimum atomic E-state index is -0.129. The van der Waals surface area contributed by atoms with Gasteiger partial charge in [-0.1, -0.05) is 20.8 Å². The second-order valence-electron chi connectivity index (χ2n) is 9.89. The molecule has 3 fully saturated rings. The first-order valence-electron chi connectivity index (χ1n) is 10.5. The van der Waals surface area contributed by atoms with Gasteiger partial charge in [-0.25, -0.2) is 4.98 Å². The molecule has 5 nitrogen and oxygen atoms in total. The number of anilines is 1. The molecule has 1 aliphatic heterocycles. The number of nitrogens with zero attached hydrogens (tertiary/aromatic N) is 3. The fourth-order valence-electron chi connectivity index (χ4n) is 5.90. The van der Waals surface area contributed by atoms with E-state index in [2.05, 4.69) is 40.9 Å². The van der Waals surface area contributed by atoms with E-state index >= 15 is 0 Å². The average Bonchev–Trinajstić information content (AvgIpc) is 3.27. The molecule has 1 N–H and O–H groups in total. The van der Waals surface area contributed by atoms with Gasteiger partial charge in [0.15, 0.2) is 0 Å². The summed E-state index contributed by atoms with van der Waals surface area (Å²) in [6.07, 6.45) is 8.81. The Morgan fingerprint density at radius 1 is 1.07 bits per heavy atom. The van der Waals surface area contributed by atoms with Gasteiger partial charge in [0, 0.05) is 38.8 Å². The van der Waals surface area contributed by atoms with Gasteiger partial charge in [-0.05, 0) is 55.1 Å². The van der Waals surface area contributed by atoms with Crippen LogP contribution in [0.3, 0.4) is 0 Å². The van der Waals surface area contributed by atoms with Gasteiger partial charge in [-0.15, -0.1) is 0 Å². The van der Waals surface area contributed by atoms with Crippen LogP contribution in [0.15, 0.2) is 18.3 Å². The van der Waals surface area contributed by atoms with E-state index in [0.717, 1.165) is 31.9 Å². The minimum Gasteiger partial charge on any atom is -0.368 e. The summed E-state index contributed by atoms with van der Waals surface area (Å²) in [5.41, 5.74) is 3.05. The molecule has 0 spiro atoms. The zero-order valence-corrected chi connectivity index (χ0v) is 17.3. The Morgan fingerprint density at radius 2 is 1.74 bits per heavy atom. The summed E-state index contributed by atoms with van der Waals surface area (Å²) in [5.74, 6) is -0.129. The molecule has 0 unspecified atom stereocenters. The third kappa shape index (κ3) is 3.04. The number of piperazine rings is 1. The number of nitrogens with one attached hydrogen (secondary N) is 1. The number of carbonyl (C=O) groups excluding carboxylic acids is 1. The lowest BCUT2D eigenvalue weighted by atomic mass is 9.65. The van der Waals surface area contributed by atoms with E-state index in [1.165, 1.54) is 32.1 Å². The van der Waals surface area contributed by atoms with Crippen molar-refractivity contribution in [3.05, 3.63) is 24.0 Å². The van der Waals surface area contributed by atoms with Crippen molar-refractivity contribution in [1.29, 1.82) is 0 Å². The first-order chi connectivity index (χ1) is 12.8. The van der Waals surface area contributed by atoms with Crippen molar-refractivity contribution in [2.75, 3.05) is 38.1 Å². The SMILES string of the molecule is CNC(=O)c1ccc(N2CCN(C34CCC(C(C)(C)C)(CC3)C4)CC2)cn1. The number of amides is 1. The number of fused-ring (bicyclic) bond motifs is 2. The van der Waals surface area contributed by atoms with Crippen molar-refractivity contribution < 1.29 is 4.79 Å². The summed E-state index contributed by atoms with van der Waals surface area (Å²) >= 11 is 0. The van der Waals surface area contributed by atoms with Crippen LogP contribution >= 0.6 is 0 Å². The summed E-state index contributed by atoms with van der Waals surface area (Å²) in [7, 11) is 1.64. The molecule has 5 heteroatoms. The van der Waals surface area contributed by atoms with Gasteiger partial charge in [0.25, 0.3) is 5.91 Å².